The fourth-order valence-electron chi connectivity index (χ4n) is 4.02. The molecule has 0 fully saturated rings. The molecule has 0 saturated heterocycles. The number of nitrogens with one attached hydrogen (secondary N) is 1. The molecule has 0 spiro atoms. The van der Waals surface area contributed by atoms with Gasteiger partial charge < -0.3 is 19.7 Å². The van der Waals surface area contributed by atoms with Crippen molar-refractivity contribution in [2.75, 3.05) is 32.6 Å². The zero-order chi connectivity index (χ0) is 28.9. The fraction of sp³-hybridized carbons (Fsp3) is 0.259. The molecule has 2 atom stereocenters. The number of rotatable bonds is 11. The van der Waals surface area contributed by atoms with E-state index in [0.717, 1.165) is 0 Å². The molecule has 2 unspecified atom stereocenters. The lowest BCUT2D eigenvalue weighted by atomic mass is 10.0. The van der Waals surface area contributed by atoms with E-state index in [1.165, 1.54) is 18.3 Å². The van der Waals surface area contributed by atoms with Crippen molar-refractivity contribution in [3.8, 4) is 22.3 Å². The van der Waals surface area contributed by atoms with E-state index in [4.69, 9.17) is 9.05 Å². The first kappa shape index (κ1) is 29.2. The number of hydrogen-bond donors (Lipinski definition) is 2. The number of likely N-dealkylation sites (N-methyl/N-ethyl adjacent to an activating group) is 1. The summed E-state index contributed by atoms with van der Waals surface area (Å²) in [6, 6.07) is 6.56. The van der Waals surface area contributed by atoms with Gasteiger partial charge in [-0.2, -0.15) is 4.39 Å². The van der Waals surface area contributed by atoms with Crippen LogP contribution in [0.15, 0.2) is 67.4 Å². The van der Waals surface area contributed by atoms with Crippen molar-refractivity contribution in [1.82, 2.24) is 24.4 Å². The van der Waals surface area contributed by atoms with E-state index >= 15 is 0 Å². The summed E-state index contributed by atoms with van der Waals surface area (Å²) in [7, 11) is -0.503. The van der Waals surface area contributed by atoms with Crippen LogP contribution >= 0.6 is 7.82 Å². The second-order valence-electron chi connectivity index (χ2n) is 9.12. The van der Waals surface area contributed by atoms with Crippen LogP contribution in [-0.4, -0.2) is 62.5 Å². The molecule has 40 heavy (non-hydrogen) atoms. The Hall–Kier alpha value is -3.80. The Morgan fingerprint density at radius 3 is 2.70 bits per heavy atom. The summed E-state index contributed by atoms with van der Waals surface area (Å²) in [6.07, 6.45) is 10.1. The molecule has 0 aromatic carbocycles. The maximum atomic E-state index is 14.0. The minimum absolute atomic E-state index is 0.00397. The number of aromatic nitrogens is 4. The number of phosphoric acid groups is 1. The van der Waals surface area contributed by atoms with Crippen LogP contribution in [-0.2, 0) is 18.4 Å². The van der Waals surface area contributed by atoms with Gasteiger partial charge in [0.25, 0.3) is 0 Å². The van der Waals surface area contributed by atoms with Crippen molar-refractivity contribution in [1.29, 1.82) is 0 Å². The van der Waals surface area contributed by atoms with E-state index < -0.39 is 20.0 Å². The Labute approximate surface area is 230 Å². The molecule has 0 aliphatic heterocycles. The summed E-state index contributed by atoms with van der Waals surface area (Å²) < 4.78 is 38.0. The number of halogens is 1. The van der Waals surface area contributed by atoms with Crippen molar-refractivity contribution in [3.05, 3.63) is 73.3 Å². The molecule has 0 aliphatic rings. The number of anilines is 1. The van der Waals surface area contributed by atoms with E-state index in [2.05, 4.69) is 20.3 Å². The first-order valence-electron chi connectivity index (χ1n) is 12.4. The number of pyridine rings is 3. The summed E-state index contributed by atoms with van der Waals surface area (Å²) in [6.45, 7) is 3.79. The smallest absolute Gasteiger partial charge is 0.321 e. The Kier molecular flexibility index (Phi) is 9.18. The number of hydrogen-bond acceptors (Lipinski definition) is 8. The quantitative estimate of drug-likeness (QED) is 0.145. The number of phosphoric ester groups is 1. The van der Waals surface area contributed by atoms with Gasteiger partial charge in [-0.3, -0.25) is 18.8 Å². The van der Waals surface area contributed by atoms with Gasteiger partial charge in [0.15, 0.2) is 0 Å². The third-order valence-electron chi connectivity index (χ3n) is 5.76. The SMILES string of the molecule is CCOP(=O)(O)OC(C)n1cc(-c2ccnc(F)c2)c2cc(-c3cncc(NC(=O)C=CCN(C)C)c3)cnc21. The summed E-state index contributed by atoms with van der Waals surface area (Å²) in [5, 5.41) is 3.43. The van der Waals surface area contributed by atoms with E-state index in [9.17, 15) is 18.6 Å². The van der Waals surface area contributed by atoms with Crippen molar-refractivity contribution in [2.24, 2.45) is 0 Å². The highest BCUT2D eigenvalue weighted by Crippen LogP contribution is 2.47. The van der Waals surface area contributed by atoms with E-state index in [1.54, 1.807) is 61.4 Å². The Balaban J connectivity index is 1.73. The van der Waals surface area contributed by atoms with Gasteiger partial charge in [-0.25, -0.2) is 14.5 Å². The maximum absolute atomic E-state index is 14.0. The predicted octanol–water partition coefficient (Wildman–Crippen LogP) is 5.03. The van der Waals surface area contributed by atoms with E-state index in [1.807, 2.05) is 25.1 Å². The molecule has 0 radical (unpaired) electrons. The van der Waals surface area contributed by atoms with E-state index in [0.29, 0.717) is 45.5 Å². The van der Waals surface area contributed by atoms with Gasteiger partial charge in [-0.05, 0) is 51.7 Å². The minimum Gasteiger partial charge on any atom is -0.321 e. The number of carbonyl (C=O) groups excluding carboxylic acids is 1. The molecule has 4 rings (SSSR count). The maximum Gasteiger partial charge on any atom is 0.474 e. The highest BCUT2D eigenvalue weighted by Gasteiger charge is 2.26. The van der Waals surface area contributed by atoms with Gasteiger partial charge in [0.1, 0.15) is 11.9 Å². The molecule has 1 amide bonds. The van der Waals surface area contributed by atoms with Gasteiger partial charge in [0.2, 0.25) is 11.9 Å². The summed E-state index contributed by atoms with van der Waals surface area (Å²) in [5.41, 5.74) is 3.44. The molecule has 0 saturated carbocycles. The molecule has 0 aliphatic carbocycles. The molecule has 4 aromatic heterocycles. The molecule has 13 heteroatoms. The summed E-state index contributed by atoms with van der Waals surface area (Å²) in [5.74, 6) is -0.939. The van der Waals surface area contributed by atoms with Gasteiger partial charge in [-0.15, -0.1) is 0 Å². The third kappa shape index (κ3) is 7.23. The first-order valence-corrected chi connectivity index (χ1v) is 13.9. The monoisotopic (exact) mass is 568 g/mol. The van der Waals surface area contributed by atoms with Crippen molar-refractivity contribution < 1.29 is 27.7 Å². The predicted molar refractivity (Wildman–Crippen MR) is 150 cm³/mol. The Morgan fingerprint density at radius 1 is 1.20 bits per heavy atom. The summed E-state index contributed by atoms with van der Waals surface area (Å²) >= 11 is 0. The summed E-state index contributed by atoms with van der Waals surface area (Å²) in [4.78, 5) is 36.7. The van der Waals surface area contributed by atoms with Crippen LogP contribution in [0.25, 0.3) is 33.3 Å². The topological polar surface area (TPSA) is 132 Å². The zero-order valence-electron chi connectivity index (χ0n) is 22.5. The fourth-order valence-corrected chi connectivity index (χ4v) is 4.90. The van der Waals surface area contributed by atoms with Crippen LogP contribution < -0.4 is 5.32 Å². The lowest BCUT2D eigenvalue weighted by Crippen LogP contribution is -2.13. The van der Waals surface area contributed by atoms with Crippen LogP contribution in [0.2, 0.25) is 0 Å². The Morgan fingerprint density at radius 2 is 1.98 bits per heavy atom. The number of nitrogens with zero attached hydrogens (tertiary/aromatic N) is 5. The van der Waals surface area contributed by atoms with Crippen LogP contribution in [0.3, 0.4) is 0 Å². The van der Waals surface area contributed by atoms with Gasteiger partial charge >= 0.3 is 7.82 Å². The van der Waals surface area contributed by atoms with Crippen LogP contribution in [0.4, 0.5) is 10.1 Å². The number of carbonyl (C=O) groups is 1. The minimum atomic E-state index is -4.32. The molecule has 11 nitrogen and oxygen atoms in total. The molecule has 2 N–H and O–H groups in total. The first-order chi connectivity index (χ1) is 19.1. The van der Waals surface area contributed by atoms with Crippen LogP contribution in [0.1, 0.15) is 20.1 Å². The van der Waals surface area contributed by atoms with Crippen molar-refractivity contribution in [3.63, 3.8) is 0 Å². The molecule has 210 valence electrons. The van der Waals surface area contributed by atoms with Crippen molar-refractivity contribution >= 4 is 30.5 Å². The van der Waals surface area contributed by atoms with Crippen LogP contribution in [0.5, 0.6) is 0 Å². The molecule has 4 heterocycles. The lowest BCUT2D eigenvalue weighted by Gasteiger charge is -2.18. The van der Waals surface area contributed by atoms with Gasteiger partial charge in [-0.1, -0.05) is 6.08 Å². The van der Waals surface area contributed by atoms with Gasteiger partial charge in [0.05, 0.1) is 18.5 Å². The van der Waals surface area contributed by atoms with Crippen molar-refractivity contribution in [2.45, 2.75) is 20.1 Å². The molecular weight excluding hydrogens is 538 g/mol. The lowest BCUT2D eigenvalue weighted by molar-refractivity contribution is -0.111. The average Bonchev–Trinajstić information content (AvgIpc) is 3.27. The number of fused-ring (bicyclic) bond motifs is 1. The van der Waals surface area contributed by atoms with Gasteiger partial charge in [0, 0.05) is 65.6 Å². The second-order valence-corrected chi connectivity index (χ2v) is 10.5. The largest absolute Gasteiger partial charge is 0.474 e. The molecular formula is C27H30FN6O5P. The van der Waals surface area contributed by atoms with Crippen LogP contribution in [0, 0.1) is 5.95 Å². The van der Waals surface area contributed by atoms with E-state index in [-0.39, 0.29) is 12.5 Å². The highest BCUT2D eigenvalue weighted by molar-refractivity contribution is 7.47. The average molecular weight is 569 g/mol. The third-order valence-corrected chi connectivity index (χ3v) is 6.91. The highest BCUT2D eigenvalue weighted by atomic mass is 31.2. The Bertz CT molecular complexity index is 1590. The second kappa shape index (κ2) is 12.6. The molecule has 4 aromatic rings. The standard InChI is InChI=1S/C27H30FN6O5P/c1-5-38-40(36,37)39-18(2)34-17-24(19-8-9-30-25(28)13-19)23-12-21(15-31-27(23)34)20-11-22(16-29-14-20)32-26(35)7-6-10-33(3)4/h6-9,11-18H,5,10H2,1-4H3,(H,32,35)(H,36,37). The number of amides is 1. The normalized spacial score (nSPS) is 14.1. The zero-order valence-corrected chi connectivity index (χ0v) is 23.4. The molecule has 0 bridgehead atoms.